The molecule has 2 rings (SSSR count). The Morgan fingerprint density at radius 1 is 1.45 bits per heavy atom. The average molecular weight is 294 g/mol. The highest BCUT2D eigenvalue weighted by molar-refractivity contribution is 7.09. The minimum Gasteiger partial charge on any atom is -0.481 e. The van der Waals surface area contributed by atoms with Crippen LogP contribution in [-0.2, 0) is 11.8 Å². The minimum absolute atomic E-state index is 0.249. The molecule has 1 N–H and O–H groups in total. The Kier molecular flexibility index (Phi) is 4.04. The van der Waals surface area contributed by atoms with Crippen molar-refractivity contribution in [1.29, 1.82) is 0 Å². The number of benzene rings is 1. The topological polar surface area (TPSA) is 54.6 Å². The van der Waals surface area contributed by atoms with Crippen molar-refractivity contribution in [2.45, 2.75) is 19.8 Å². The predicted octanol–water partition coefficient (Wildman–Crippen LogP) is 2.95. The van der Waals surface area contributed by atoms with Gasteiger partial charge in [0.1, 0.15) is 11.5 Å². The monoisotopic (exact) mass is 294 g/mol. The molecule has 0 amide bonds. The Morgan fingerprint density at radius 3 is 2.70 bits per heavy atom. The number of aromatic nitrogens is 1. The fourth-order valence-corrected chi connectivity index (χ4v) is 3.12. The van der Waals surface area contributed by atoms with Gasteiger partial charge in [0.2, 0.25) is 0 Å². The standard InChI is InChI=1S/C14H15FN2O2S/c1-8(13(18)19)12-9(2)20-14(17(12)3)16-11-7-5-4-6-10(11)15/h4-8H,1-3H3,(H,18,19). The maximum Gasteiger partial charge on any atom is 0.312 e. The fourth-order valence-electron chi connectivity index (χ4n) is 2.05. The van der Waals surface area contributed by atoms with Gasteiger partial charge in [0.05, 0.1) is 5.92 Å². The molecule has 0 saturated carbocycles. The lowest BCUT2D eigenvalue weighted by molar-refractivity contribution is -0.138. The summed E-state index contributed by atoms with van der Waals surface area (Å²) in [6.07, 6.45) is 0. The van der Waals surface area contributed by atoms with Gasteiger partial charge in [-0.25, -0.2) is 9.38 Å². The zero-order valence-corrected chi connectivity index (χ0v) is 12.2. The molecule has 6 heteroatoms. The molecular weight excluding hydrogens is 279 g/mol. The van der Waals surface area contributed by atoms with Crippen molar-refractivity contribution in [2.24, 2.45) is 12.0 Å². The van der Waals surface area contributed by atoms with E-state index in [4.69, 9.17) is 5.11 Å². The number of halogens is 1. The zero-order valence-electron chi connectivity index (χ0n) is 11.4. The van der Waals surface area contributed by atoms with Crippen LogP contribution in [0.25, 0.3) is 0 Å². The van der Waals surface area contributed by atoms with Gasteiger partial charge in [-0.1, -0.05) is 12.1 Å². The average Bonchev–Trinajstić information content (AvgIpc) is 2.66. The number of para-hydroxylation sites is 1. The Balaban J connectivity index is 2.58. The molecule has 4 nitrogen and oxygen atoms in total. The molecular formula is C14H15FN2O2S. The number of hydrogen-bond donors (Lipinski definition) is 1. The second kappa shape index (κ2) is 5.58. The lowest BCUT2D eigenvalue weighted by Crippen LogP contribution is -2.18. The molecule has 1 aromatic carbocycles. The van der Waals surface area contributed by atoms with Gasteiger partial charge < -0.3 is 9.67 Å². The third-order valence-corrected chi connectivity index (χ3v) is 4.17. The molecule has 0 radical (unpaired) electrons. The summed E-state index contributed by atoms with van der Waals surface area (Å²) in [5, 5.41) is 9.13. The number of carboxylic acid groups (broad SMARTS) is 1. The maximum absolute atomic E-state index is 13.6. The number of aryl methyl sites for hydroxylation is 1. The molecule has 1 heterocycles. The van der Waals surface area contributed by atoms with Gasteiger partial charge >= 0.3 is 5.97 Å². The van der Waals surface area contributed by atoms with Crippen LogP contribution in [0.15, 0.2) is 29.3 Å². The van der Waals surface area contributed by atoms with Crippen molar-refractivity contribution in [1.82, 2.24) is 4.57 Å². The maximum atomic E-state index is 13.6. The van der Waals surface area contributed by atoms with Gasteiger partial charge in [-0.05, 0) is 26.0 Å². The van der Waals surface area contributed by atoms with Crippen molar-refractivity contribution in [3.8, 4) is 0 Å². The Hall–Kier alpha value is -1.95. The molecule has 1 atom stereocenters. The molecule has 0 aliphatic heterocycles. The van der Waals surface area contributed by atoms with Crippen LogP contribution in [0.2, 0.25) is 0 Å². The third kappa shape index (κ3) is 2.65. The summed E-state index contributed by atoms with van der Waals surface area (Å²) in [4.78, 5) is 16.9. The number of carboxylic acids is 1. The molecule has 0 aliphatic rings. The molecule has 20 heavy (non-hydrogen) atoms. The molecule has 0 saturated heterocycles. The quantitative estimate of drug-likeness (QED) is 0.946. The van der Waals surface area contributed by atoms with Gasteiger partial charge in [0, 0.05) is 17.6 Å². The summed E-state index contributed by atoms with van der Waals surface area (Å²) < 4.78 is 15.3. The van der Waals surface area contributed by atoms with Crippen molar-refractivity contribution < 1.29 is 14.3 Å². The summed E-state index contributed by atoms with van der Waals surface area (Å²) in [6, 6.07) is 6.25. The van der Waals surface area contributed by atoms with E-state index in [1.165, 1.54) is 17.4 Å². The minimum atomic E-state index is -0.890. The van der Waals surface area contributed by atoms with Crippen LogP contribution in [0.5, 0.6) is 0 Å². The van der Waals surface area contributed by atoms with Gasteiger partial charge in [-0.2, -0.15) is 0 Å². The normalized spacial score (nSPS) is 13.5. The predicted molar refractivity (Wildman–Crippen MR) is 75.7 cm³/mol. The zero-order chi connectivity index (χ0) is 14.9. The van der Waals surface area contributed by atoms with Crippen LogP contribution >= 0.6 is 11.3 Å². The van der Waals surface area contributed by atoms with Crippen LogP contribution in [0.1, 0.15) is 23.4 Å². The largest absolute Gasteiger partial charge is 0.481 e. The fraction of sp³-hybridized carbons (Fsp3) is 0.286. The lowest BCUT2D eigenvalue weighted by Gasteiger charge is -2.08. The number of nitrogens with zero attached hydrogens (tertiary/aromatic N) is 2. The smallest absolute Gasteiger partial charge is 0.312 e. The molecule has 0 bridgehead atoms. The van der Waals surface area contributed by atoms with Gasteiger partial charge in [0.25, 0.3) is 0 Å². The van der Waals surface area contributed by atoms with E-state index in [9.17, 15) is 9.18 Å². The second-order valence-electron chi connectivity index (χ2n) is 4.51. The third-order valence-electron chi connectivity index (χ3n) is 3.10. The molecule has 0 aliphatic carbocycles. The van der Waals surface area contributed by atoms with E-state index >= 15 is 0 Å². The number of rotatable bonds is 3. The first kappa shape index (κ1) is 14.5. The van der Waals surface area contributed by atoms with Gasteiger partial charge in [-0.3, -0.25) is 4.79 Å². The second-order valence-corrected chi connectivity index (χ2v) is 5.69. The molecule has 1 aromatic heterocycles. The Morgan fingerprint density at radius 2 is 2.10 bits per heavy atom. The summed E-state index contributed by atoms with van der Waals surface area (Å²) >= 11 is 1.36. The van der Waals surface area contributed by atoms with Gasteiger partial charge in [0.15, 0.2) is 4.80 Å². The van der Waals surface area contributed by atoms with E-state index in [-0.39, 0.29) is 5.69 Å². The van der Waals surface area contributed by atoms with Crippen LogP contribution in [0, 0.1) is 12.7 Å². The van der Waals surface area contributed by atoms with Crippen molar-refractivity contribution in [3.63, 3.8) is 0 Å². The van der Waals surface area contributed by atoms with Crippen LogP contribution in [0.3, 0.4) is 0 Å². The summed E-state index contributed by atoms with van der Waals surface area (Å²) in [7, 11) is 1.75. The van der Waals surface area contributed by atoms with E-state index in [0.29, 0.717) is 10.5 Å². The van der Waals surface area contributed by atoms with E-state index in [0.717, 1.165) is 4.88 Å². The van der Waals surface area contributed by atoms with E-state index < -0.39 is 17.7 Å². The highest BCUT2D eigenvalue weighted by atomic mass is 32.1. The number of carbonyl (C=O) groups is 1. The van der Waals surface area contributed by atoms with Crippen molar-refractivity contribution in [3.05, 3.63) is 45.5 Å². The highest BCUT2D eigenvalue weighted by Gasteiger charge is 2.20. The van der Waals surface area contributed by atoms with Crippen LogP contribution < -0.4 is 4.80 Å². The molecule has 0 fully saturated rings. The van der Waals surface area contributed by atoms with Crippen molar-refractivity contribution in [2.75, 3.05) is 0 Å². The van der Waals surface area contributed by atoms with Crippen LogP contribution in [0.4, 0.5) is 10.1 Å². The first-order chi connectivity index (χ1) is 9.41. The van der Waals surface area contributed by atoms with Crippen molar-refractivity contribution >= 4 is 23.0 Å². The molecule has 1 unspecified atom stereocenters. The summed E-state index contributed by atoms with van der Waals surface area (Å²) in [5.74, 6) is -1.91. The molecule has 106 valence electrons. The SMILES string of the molecule is Cc1sc(=Nc2ccccc2F)n(C)c1C(C)C(=O)O. The first-order valence-corrected chi connectivity index (χ1v) is 6.92. The number of aliphatic carboxylic acids is 1. The van der Waals surface area contributed by atoms with Gasteiger partial charge in [-0.15, -0.1) is 11.3 Å². The number of hydrogen-bond acceptors (Lipinski definition) is 3. The Bertz CT molecular complexity index is 718. The highest BCUT2D eigenvalue weighted by Crippen LogP contribution is 2.22. The molecule has 2 aromatic rings. The number of thiazole rings is 1. The summed E-state index contributed by atoms with van der Waals surface area (Å²) in [6.45, 7) is 3.48. The summed E-state index contributed by atoms with van der Waals surface area (Å²) in [5.41, 5.74) is 0.941. The first-order valence-electron chi connectivity index (χ1n) is 6.10. The van der Waals surface area contributed by atoms with Crippen LogP contribution in [-0.4, -0.2) is 15.6 Å². The van der Waals surface area contributed by atoms with E-state index in [1.807, 2.05) is 6.92 Å². The van der Waals surface area contributed by atoms with E-state index in [2.05, 4.69) is 4.99 Å². The molecule has 0 spiro atoms. The lowest BCUT2D eigenvalue weighted by atomic mass is 10.1. The Labute approximate surface area is 119 Å². The van der Waals surface area contributed by atoms with E-state index in [1.54, 1.807) is 36.7 Å².